The molecule has 11 heteroatoms. The average molecular weight is 535 g/mol. The first kappa shape index (κ1) is 26.4. The third-order valence-electron chi connectivity index (χ3n) is 5.72. The Morgan fingerprint density at radius 2 is 1.61 bits per heavy atom. The Morgan fingerprint density at radius 3 is 2.21 bits per heavy atom. The zero-order chi connectivity index (χ0) is 27.4. The van der Waals surface area contributed by atoms with Crippen LogP contribution in [0.5, 0.6) is 0 Å². The first-order chi connectivity index (χ1) is 18.1. The lowest BCUT2D eigenvalue weighted by atomic mass is 10.00. The molecule has 0 radical (unpaired) electrons. The number of ether oxygens (including phenoxy) is 1. The second-order valence-electron chi connectivity index (χ2n) is 8.38. The highest BCUT2D eigenvalue weighted by Gasteiger charge is 2.39. The summed E-state index contributed by atoms with van der Waals surface area (Å²) in [6.45, 7) is 1.27. The molecule has 3 aromatic carbocycles. The van der Waals surface area contributed by atoms with Crippen LogP contribution in [0.25, 0.3) is 11.3 Å². The number of nitrogens with two attached hydrogens (primary N) is 1. The third kappa shape index (κ3) is 5.37. The topological polar surface area (TPSA) is 139 Å². The Balaban J connectivity index is 1.81. The zero-order valence-electron chi connectivity index (χ0n) is 20.7. The van der Waals surface area contributed by atoms with Gasteiger partial charge in [-0.05, 0) is 42.8 Å². The van der Waals surface area contributed by atoms with Crippen molar-refractivity contribution in [3.05, 3.63) is 90.0 Å². The van der Waals surface area contributed by atoms with Crippen LogP contribution in [-0.2, 0) is 24.3 Å². The maximum absolute atomic E-state index is 13.7. The van der Waals surface area contributed by atoms with E-state index in [1.807, 2.05) is 30.3 Å². The van der Waals surface area contributed by atoms with Crippen molar-refractivity contribution in [3.63, 3.8) is 0 Å². The number of imide groups is 1. The minimum absolute atomic E-state index is 0.111. The van der Waals surface area contributed by atoms with Gasteiger partial charge in [-0.1, -0.05) is 48.5 Å². The first-order valence-corrected chi connectivity index (χ1v) is 13.5. The summed E-state index contributed by atoms with van der Waals surface area (Å²) in [5.41, 5.74) is 8.38. The predicted octanol–water partition coefficient (Wildman–Crippen LogP) is 3.42. The van der Waals surface area contributed by atoms with Gasteiger partial charge in [-0.15, -0.1) is 0 Å². The van der Waals surface area contributed by atoms with E-state index < -0.39 is 34.5 Å². The number of carbonyl (C=O) groups is 3. The molecule has 196 valence electrons. The normalized spacial score (nSPS) is 14.1. The van der Waals surface area contributed by atoms with Crippen molar-refractivity contribution in [1.82, 2.24) is 0 Å². The second kappa shape index (κ2) is 10.8. The number of sulfonamides is 1. The first-order valence-electron chi connectivity index (χ1n) is 11.6. The Labute approximate surface area is 220 Å². The van der Waals surface area contributed by atoms with Crippen LogP contribution < -0.4 is 20.3 Å². The number of fused-ring (bicyclic) bond motifs is 1. The van der Waals surface area contributed by atoms with Crippen molar-refractivity contribution in [2.45, 2.75) is 6.92 Å². The van der Waals surface area contributed by atoms with E-state index in [0.29, 0.717) is 28.2 Å². The molecule has 4 rings (SSSR count). The lowest BCUT2D eigenvalue weighted by Gasteiger charge is -2.21. The van der Waals surface area contributed by atoms with Crippen molar-refractivity contribution < 1.29 is 27.5 Å². The molecule has 1 aliphatic heterocycles. The molecule has 0 spiro atoms. The van der Waals surface area contributed by atoms with Gasteiger partial charge in [-0.2, -0.15) is 0 Å². The minimum Gasteiger partial charge on any atom is -0.449 e. The van der Waals surface area contributed by atoms with Gasteiger partial charge in [0.2, 0.25) is 15.9 Å². The average Bonchev–Trinajstić information content (AvgIpc) is 3.18. The molecule has 0 saturated heterocycles. The van der Waals surface area contributed by atoms with Gasteiger partial charge >= 0.3 is 6.09 Å². The van der Waals surface area contributed by atoms with Gasteiger partial charge in [0, 0.05) is 11.3 Å². The van der Waals surface area contributed by atoms with E-state index in [2.05, 4.69) is 5.32 Å². The van der Waals surface area contributed by atoms with Crippen molar-refractivity contribution in [2.75, 3.05) is 33.9 Å². The summed E-state index contributed by atoms with van der Waals surface area (Å²) in [5.74, 6) is -1.34. The maximum atomic E-state index is 13.7. The Kier molecular flexibility index (Phi) is 7.49. The van der Waals surface area contributed by atoms with E-state index in [-0.39, 0.29) is 17.9 Å². The highest BCUT2D eigenvalue weighted by atomic mass is 32.2. The summed E-state index contributed by atoms with van der Waals surface area (Å²) >= 11 is 0. The lowest BCUT2D eigenvalue weighted by Crippen LogP contribution is -2.37. The summed E-state index contributed by atoms with van der Waals surface area (Å²) in [6.07, 6.45) is 0.213. The summed E-state index contributed by atoms with van der Waals surface area (Å²) < 4.78 is 30.4. The molecule has 38 heavy (non-hydrogen) atoms. The van der Waals surface area contributed by atoms with Gasteiger partial charge in [0.15, 0.2) is 0 Å². The van der Waals surface area contributed by atoms with E-state index in [1.54, 1.807) is 43.3 Å². The van der Waals surface area contributed by atoms with Gasteiger partial charge in [0.05, 0.1) is 35.5 Å². The van der Waals surface area contributed by atoms with E-state index in [1.165, 1.54) is 12.1 Å². The van der Waals surface area contributed by atoms with E-state index in [9.17, 15) is 22.8 Å². The SMILES string of the molecule is CCOC(=O)N1C(=O)/C(=C(\Nc2ccc(N(CC(N)=O)S(C)(=O)=O)cc2)c2ccccc2)c2ccccc21. The van der Waals surface area contributed by atoms with Crippen molar-refractivity contribution in [1.29, 1.82) is 0 Å². The molecule has 1 aliphatic rings. The van der Waals surface area contributed by atoms with Crippen LogP contribution in [0.4, 0.5) is 21.9 Å². The molecule has 0 aliphatic carbocycles. The molecular formula is C27H26N4O6S. The van der Waals surface area contributed by atoms with Crippen LogP contribution >= 0.6 is 0 Å². The molecule has 3 amide bonds. The molecule has 3 aromatic rings. The van der Waals surface area contributed by atoms with Crippen LogP contribution in [-0.4, -0.2) is 45.7 Å². The quantitative estimate of drug-likeness (QED) is 0.422. The molecule has 1 heterocycles. The Hall–Kier alpha value is -4.64. The van der Waals surface area contributed by atoms with Gasteiger partial charge in [-0.25, -0.2) is 18.1 Å². The number of primary amides is 1. The Bertz CT molecular complexity index is 1520. The lowest BCUT2D eigenvalue weighted by molar-refractivity contribution is -0.116. The van der Waals surface area contributed by atoms with Gasteiger partial charge < -0.3 is 15.8 Å². The molecule has 0 atom stereocenters. The highest BCUT2D eigenvalue weighted by Crippen LogP contribution is 2.41. The van der Waals surface area contributed by atoms with Crippen molar-refractivity contribution in [3.8, 4) is 0 Å². The predicted molar refractivity (Wildman–Crippen MR) is 146 cm³/mol. The third-order valence-corrected chi connectivity index (χ3v) is 6.86. The number of amides is 3. The standard InChI is InChI=1S/C27H26N4O6S/c1-3-37-27(34)31-22-12-8-7-11-21(22)24(26(31)33)25(18-9-5-4-6-10-18)29-19-13-15-20(16-14-19)30(17-23(28)32)38(2,35)36/h4-16,29H,3,17H2,1-2H3,(H2,28,32)/b25-24-. The van der Waals surface area contributed by atoms with Crippen LogP contribution in [0.1, 0.15) is 18.1 Å². The summed E-state index contributed by atoms with van der Waals surface area (Å²) in [6, 6.07) is 22.3. The number of nitrogens with one attached hydrogen (secondary N) is 1. The molecule has 0 aromatic heterocycles. The molecule has 3 N–H and O–H groups in total. The highest BCUT2D eigenvalue weighted by molar-refractivity contribution is 7.92. The van der Waals surface area contributed by atoms with Crippen molar-refractivity contribution in [2.24, 2.45) is 5.73 Å². The van der Waals surface area contributed by atoms with E-state index >= 15 is 0 Å². The van der Waals surface area contributed by atoms with Crippen LogP contribution in [0.15, 0.2) is 78.9 Å². The Morgan fingerprint density at radius 1 is 0.974 bits per heavy atom. The number of anilines is 3. The number of rotatable bonds is 8. The number of carbonyl (C=O) groups excluding carboxylic acids is 3. The molecule has 0 unspecified atom stereocenters. The fourth-order valence-corrected chi connectivity index (χ4v) is 4.97. The zero-order valence-corrected chi connectivity index (χ0v) is 21.6. The van der Waals surface area contributed by atoms with Crippen LogP contribution in [0.3, 0.4) is 0 Å². The van der Waals surface area contributed by atoms with Gasteiger partial charge in [0.25, 0.3) is 5.91 Å². The molecule has 0 saturated carbocycles. The number of benzene rings is 3. The summed E-state index contributed by atoms with van der Waals surface area (Å²) in [5, 5.41) is 3.27. The number of para-hydroxylation sites is 1. The van der Waals surface area contributed by atoms with Crippen LogP contribution in [0, 0.1) is 0 Å². The largest absolute Gasteiger partial charge is 0.449 e. The summed E-state index contributed by atoms with van der Waals surface area (Å²) in [7, 11) is -3.76. The molecule has 0 bridgehead atoms. The maximum Gasteiger partial charge on any atom is 0.421 e. The number of hydrogen-bond donors (Lipinski definition) is 2. The monoisotopic (exact) mass is 534 g/mol. The smallest absolute Gasteiger partial charge is 0.421 e. The fraction of sp³-hybridized carbons (Fsp3) is 0.148. The minimum atomic E-state index is -3.76. The number of nitrogens with zero attached hydrogens (tertiary/aromatic N) is 2. The fourth-order valence-electron chi connectivity index (χ4n) is 4.11. The second-order valence-corrected chi connectivity index (χ2v) is 10.3. The summed E-state index contributed by atoms with van der Waals surface area (Å²) in [4.78, 5) is 38.8. The van der Waals surface area contributed by atoms with E-state index in [4.69, 9.17) is 10.5 Å². The van der Waals surface area contributed by atoms with Crippen LogP contribution in [0.2, 0.25) is 0 Å². The molecule has 0 fully saturated rings. The molecule has 10 nitrogen and oxygen atoms in total. The van der Waals surface area contributed by atoms with E-state index in [0.717, 1.165) is 15.5 Å². The number of hydrogen-bond acceptors (Lipinski definition) is 7. The van der Waals surface area contributed by atoms with Crippen molar-refractivity contribution >= 4 is 56.3 Å². The molecular weight excluding hydrogens is 508 g/mol. The van der Waals surface area contributed by atoms with Gasteiger partial charge in [0.1, 0.15) is 6.54 Å². The van der Waals surface area contributed by atoms with Gasteiger partial charge in [-0.3, -0.25) is 13.9 Å².